The molecule has 0 N–H and O–H groups in total. The lowest BCUT2D eigenvalue weighted by atomic mass is 9.88. The van der Waals surface area contributed by atoms with Gasteiger partial charge in [0.15, 0.2) is 5.82 Å². The van der Waals surface area contributed by atoms with E-state index in [4.69, 9.17) is 9.47 Å². The molecule has 1 aliphatic carbocycles. The lowest BCUT2D eigenvalue weighted by Crippen LogP contribution is -2.50. The highest BCUT2D eigenvalue weighted by molar-refractivity contribution is 5.81. The molecule has 0 unspecified atom stereocenters. The summed E-state index contributed by atoms with van der Waals surface area (Å²) in [4.78, 5) is 35.4. The molecule has 3 heterocycles. The van der Waals surface area contributed by atoms with Gasteiger partial charge in [0, 0.05) is 79.7 Å². The van der Waals surface area contributed by atoms with Crippen LogP contribution in [-0.2, 0) is 21.4 Å². The van der Waals surface area contributed by atoms with E-state index in [1.165, 1.54) is 24.2 Å². The number of hydrogen-bond acceptors (Lipinski definition) is 8. The van der Waals surface area contributed by atoms with Crippen molar-refractivity contribution in [1.82, 2.24) is 19.7 Å². The summed E-state index contributed by atoms with van der Waals surface area (Å²) in [6.45, 7) is 4.47. The predicted octanol–water partition coefficient (Wildman–Crippen LogP) is 2.41. The molecule has 11 nitrogen and oxygen atoms in total. The Balaban J connectivity index is 0.000000212. The molecule has 0 bridgehead atoms. The zero-order chi connectivity index (χ0) is 27.5. The smallest absolute Gasteiger partial charge is 0.225 e. The van der Waals surface area contributed by atoms with Crippen LogP contribution in [0.1, 0.15) is 32.1 Å². The van der Waals surface area contributed by atoms with Gasteiger partial charge in [-0.05, 0) is 18.9 Å². The SMILES string of the molecule is COCCOc1ccc(N(C)C)c(N(C)C=O)n1.Cn1cc(N2CCN(C(=O)C3CCCCC3)CC2)cn1. The zero-order valence-electron chi connectivity index (χ0n) is 23.5. The Bertz CT molecular complexity index is 1010. The average molecular weight is 530 g/mol. The van der Waals surface area contributed by atoms with E-state index >= 15 is 0 Å². The van der Waals surface area contributed by atoms with Crippen molar-refractivity contribution in [2.45, 2.75) is 32.1 Å². The average Bonchev–Trinajstić information content (AvgIpc) is 3.39. The summed E-state index contributed by atoms with van der Waals surface area (Å²) in [5.74, 6) is 1.73. The number of amides is 2. The van der Waals surface area contributed by atoms with Crippen molar-refractivity contribution in [1.29, 1.82) is 0 Å². The first-order valence-corrected chi connectivity index (χ1v) is 13.3. The molecule has 0 radical (unpaired) electrons. The van der Waals surface area contributed by atoms with Gasteiger partial charge in [-0.1, -0.05) is 19.3 Å². The van der Waals surface area contributed by atoms with Gasteiger partial charge in [-0.25, -0.2) is 0 Å². The van der Waals surface area contributed by atoms with Crippen molar-refractivity contribution in [3.05, 3.63) is 24.5 Å². The van der Waals surface area contributed by atoms with Gasteiger partial charge < -0.3 is 29.1 Å². The lowest BCUT2D eigenvalue weighted by molar-refractivity contribution is -0.136. The molecule has 2 amide bonds. The Morgan fingerprint density at radius 2 is 1.79 bits per heavy atom. The lowest BCUT2D eigenvalue weighted by Gasteiger charge is -2.37. The van der Waals surface area contributed by atoms with E-state index < -0.39 is 0 Å². The molecule has 1 saturated heterocycles. The standard InChI is InChI=1S/C15H24N4O.C12H19N3O3/c1-17-12-14(11-16-17)18-7-9-19(10-8-18)15(20)13-5-3-2-4-6-13;1-14(2)10-5-6-11(18-8-7-17-4)13-12(10)15(3)9-16/h11-13H,2-10H2,1H3;5-6,9H,7-8H2,1-4H3. The van der Waals surface area contributed by atoms with E-state index in [1.54, 1.807) is 20.2 Å². The maximum absolute atomic E-state index is 12.5. The zero-order valence-corrected chi connectivity index (χ0v) is 23.5. The minimum absolute atomic E-state index is 0.300. The molecule has 2 aromatic rings. The summed E-state index contributed by atoms with van der Waals surface area (Å²) >= 11 is 0. The number of aromatic nitrogens is 3. The number of rotatable bonds is 9. The number of ether oxygens (including phenoxy) is 2. The highest BCUT2D eigenvalue weighted by Gasteiger charge is 2.28. The van der Waals surface area contributed by atoms with Gasteiger partial charge in [-0.3, -0.25) is 14.3 Å². The fourth-order valence-corrected chi connectivity index (χ4v) is 4.76. The van der Waals surface area contributed by atoms with Crippen LogP contribution in [0.5, 0.6) is 5.88 Å². The van der Waals surface area contributed by atoms with Crippen molar-refractivity contribution in [2.75, 3.05) is 82.3 Å². The molecule has 210 valence electrons. The summed E-state index contributed by atoms with van der Waals surface area (Å²) in [5, 5.41) is 4.21. The van der Waals surface area contributed by atoms with E-state index in [0.717, 1.165) is 50.4 Å². The van der Waals surface area contributed by atoms with Gasteiger partial charge >= 0.3 is 0 Å². The Labute approximate surface area is 226 Å². The van der Waals surface area contributed by atoms with E-state index in [-0.39, 0.29) is 0 Å². The third kappa shape index (κ3) is 8.08. The van der Waals surface area contributed by atoms with Crippen molar-refractivity contribution in [2.24, 2.45) is 13.0 Å². The molecular formula is C27H43N7O4. The Morgan fingerprint density at radius 3 is 2.37 bits per heavy atom. The van der Waals surface area contributed by atoms with Crippen molar-refractivity contribution < 1.29 is 19.1 Å². The number of carbonyl (C=O) groups excluding carboxylic acids is 2. The van der Waals surface area contributed by atoms with Crippen molar-refractivity contribution in [3.8, 4) is 5.88 Å². The van der Waals surface area contributed by atoms with Gasteiger partial charge in [0.1, 0.15) is 6.61 Å². The number of pyridine rings is 1. The normalized spacial score (nSPS) is 15.9. The van der Waals surface area contributed by atoms with Crippen molar-refractivity contribution in [3.63, 3.8) is 0 Å². The molecule has 0 atom stereocenters. The molecule has 2 aromatic heterocycles. The van der Waals surface area contributed by atoms with Crippen LogP contribution in [0.25, 0.3) is 0 Å². The minimum atomic E-state index is 0.300. The molecular weight excluding hydrogens is 486 g/mol. The van der Waals surface area contributed by atoms with Gasteiger partial charge in [-0.2, -0.15) is 10.1 Å². The van der Waals surface area contributed by atoms with E-state index in [1.807, 2.05) is 49.2 Å². The van der Waals surface area contributed by atoms with Crippen LogP contribution in [0, 0.1) is 5.92 Å². The maximum Gasteiger partial charge on any atom is 0.225 e. The van der Waals surface area contributed by atoms with Crippen LogP contribution < -0.4 is 19.4 Å². The summed E-state index contributed by atoms with van der Waals surface area (Å²) in [6, 6.07) is 3.64. The van der Waals surface area contributed by atoms with Crippen molar-refractivity contribution >= 4 is 29.5 Å². The Kier molecular flexibility index (Phi) is 11.2. The van der Waals surface area contributed by atoms with Crippen LogP contribution in [0.2, 0.25) is 0 Å². The van der Waals surface area contributed by atoms with E-state index in [9.17, 15) is 9.59 Å². The topological polar surface area (TPSA) is 96.3 Å². The molecule has 0 spiro atoms. The van der Waals surface area contributed by atoms with Crippen LogP contribution in [-0.4, -0.2) is 99.6 Å². The number of aryl methyl sites for hydroxylation is 1. The molecule has 38 heavy (non-hydrogen) atoms. The number of piperazine rings is 1. The second-order valence-corrected chi connectivity index (χ2v) is 9.96. The third-order valence-electron chi connectivity index (χ3n) is 6.94. The van der Waals surface area contributed by atoms with Gasteiger partial charge in [-0.15, -0.1) is 0 Å². The summed E-state index contributed by atoms with van der Waals surface area (Å²) in [7, 11) is 8.99. The maximum atomic E-state index is 12.5. The monoisotopic (exact) mass is 529 g/mol. The van der Waals surface area contributed by atoms with Gasteiger partial charge in [0.25, 0.3) is 0 Å². The highest BCUT2D eigenvalue weighted by Crippen LogP contribution is 2.28. The van der Waals surface area contributed by atoms with Gasteiger partial charge in [0.05, 0.1) is 24.2 Å². The number of hydrogen-bond donors (Lipinski definition) is 0. The Morgan fingerprint density at radius 1 is 1.08 bits per heavy atom. The highest BCUT2D eigenvalue weighted by atomic mass is 16.5. The first-order chi connectivity index (χ1) is 18.3. The van der Waals surface area contributed by atoms with Gasteiger partial charge in [0.2, 0.25) is 18.2 Å². The largest absolute Gasteiger partial charge is 0.475 e. The van der Waals surface area contributed by atoms with Crippen LogP contribution in [0.3, 0.4) is 0 Å². The molecule has 1 aliphatic heterocycles. The summed E-state index contributed by atoms with van der Waals surface area (Å²) < 4.78 is 12.1. The second-order valence-electron chi connectivity index (χ2n) is 9.96. The molecule has 11 heteroatoms. The van der Waals surface area contributed by atoms with Crippen LogP contribution >= 0.6 is 0 Å². The number of carbonyl (C=O) groups is 2. The second kappa shape index (κ2) is 14.6. The first-order valence-electron chi connectivity index (χ1n) is 13.3. The quantitative estimate of drug-likeness (QED) is 0.361. The summed E-state index contributed by atoms with van der Waals surface area (Å²) in [5.41, 5.74) is 2.01. The fraction of sp³-hybridized carbons (Fsp3) is 0.630. The number of methoxy groups -OCH3 is 1. The molecule has 0 aromatic carbocycles. The third-order valence-corrected chi connectivity index (χ3v) is 6.94. The predicted molar refractivity (Wildman–Crippen MR) is 149 cm³/mol. The van der Waals surface area contributed by atoms with E-state index in [0.29, 0.717) is 43.1 Å². The Hall–Kier alpha value is -3.34. The first kappa shape index (κ1) is 29.2. The molecule has 2 fully saturated rings. The summed E-state index contributed by atoms with van der Waals surface area (Å²) in [6.07, 6.45) is 10.6. The fourth-order valence-electron chi connectivity index (χ4n) is 4.76. The number of nitrogens with zero attached hydrogens (tertiary/aromatic N) is 7. The molecule has 4 rings (SSSR count). The minimum Gasteiger partial charge on any atom is -0.475 e. The molecule has 1 saturated carbocycles. The van der Waals surface area contributed by atoms with Crippen LogP contribution in [0.15, 0.2) is 24.5 Å². The van der Waals surface area contributed by atoms with E-state index in [2.05, 4.69) is 19.9 Å². The molecule has 2 aliphatic rings. The van der Waals surface area contributed by atoms with Crippen LogP contribution in [0.4, 0.5) is 17.2 Å². The number of anilines is 3.